The molecule has 0 fully saturated rings. The van der Waals surface area contributed by atoms with E-state index in [1.807, 2.05) is 0 Å². The minimum Gasteiger partial charge on any atom is -0.246 e. The number of nitrogens with zero attached hydrogens (tertiary/aromatic N) is 3. The molecule has 20 heavy (non-hydrogen) atoms. The van der Waals surface area contributed by atoms with Crippen molar-refractivity contribution in [2.75, 3.05) is 4.72 Å². The summed E-state index contributed by atoms with van der Waals surface area (Å²) in [6.07, 6.45) is 0. The van der Waals surface area contributed by atoms with Crippen molar-refractivity contribution in [2.24, 2.45) is 0 Å². The van der Waals surface area contributed by atoms with Crippen molar-refractivity contribution in [3.8, 4) is 0 Å². The molecular formula is C11H10BrFN4O2S. The Hall–Kier alpha value is -1.61. The largest absolute Gasteiger partial charge is 0.265 e. The van der Waals surface area contributed by atoms with Gasteiger partial charge in [-0.2, -0.15) is 5.10 Å². The van der Waals surface area contributed by atoms with E-state index in [2.05, 4.69) is 35.8 Å². The molecule has 1 aromatic heterocycles. The Morgan fingerprint density at radius 1 is 1.20 bits per heavy atom. The molecule has 0 spiro atoms. The fourth-order valence-corrected chi connectivity index (χ4v) is 3.36. The van der Waals surface area contributed by atoms with Crippen LogP contribution >= 0.6 is 15.9 Å². The predicted molar refractivity (Wildman–Crippen MR) is 74.2 cm³/mol. The maximum atomic E-state index is 13.0. The highest BCUT2D eigenvalue weighted by Crippen LogP contribution is 2.24. The van der Waals surface area contributed by atoms with E-state index in [1.54, 1.807) is 13.8 Å². The van der Waals surface area contributed by atoms with Crippen LogP contribution in [-0.2, 0) is 10.0 Å². The molecule has 1 heterocycles. The molecule has 2 rings (SSSR count). The van der Waals surface area contributed by atoms with Gasteiger partial charge in [-0.25, -0.2) is 22.5 Å². The number of rotatable bonds is 3. The number of nitrogens with one attached hydrogen (secondary N) is 1. The van der Waals surface area contributed by atoms with Gasteiger partial charge in [-0.3, -0.25) is 0 Å². The molecule has 0 saturated heterocycles. The van der Waals surface area contributed by atoms with E-state index in [4.69, 9.17) is 0 Å². The molecule has 0 bridgehead atoms. The second-order valence-corrected chi connectivity index (χ2v) is 6.49. The first-order chi connectivity index (χ1) is 9.29. The zero-order chi connectivity index (χ0) is 14.9. The third-order valence-electron chi connectivity index (χ3n) is 2.50. The Balaban J connectivity index is 2.38. The molecule has 6 nitrogen and oxygen atoms in total. The molecule has 0 saturated carbocycles. The zero-order valence-electron chi connectivity index (χ0n) is 10.6. The first-order valence-corrected chi connectivity index (χ1v) is 7.73. The van der Waals surface area contributed by atoms with Crippen LogP contribution in [-0.4, -0.2) is 23.6 Å². The van der Waals surface area contributed by atoms with Crippen molar-refractivity contribution in [2.45, 2.75) is 18.7 Å². The number of sulfonamides is 1. The Labute approximate surface area is 123 Å². The molecule has 0 aliphatic heterocycles. The van der Waals surface area contributed by atoms with Gasteiger partial charge in [0.05, 0.1) is 11.4 Å². The second-order valence-electron chi connectivity index (χ2n) is 3.99. The number of halogens is 2. The molecule has 1 N–H and O–H groups in total. The molecule has 0 aliphatic carbocycles. The Morgan fingerprint density at radius 2 is 1.90 bits per heavy atom. The van der Waals surface area contributed by atoms with Gasteiger partial charge in [-0.1, -0.05) is 0 Å². The van der Waals surface area contributed by atoms with E-state index in [1.165, 1.54) is 0 Å². The number of hydrogen-bond acceptors (Lipinski definition) is 5. The first-order valence-electron chi connectivity index (χ1n) is 5.45. The van der Waals surface area contributed by atoms with Gasteiger partial charge in [0.2, 0.25) is 0 Å². The summed E-state index contributed by atoms with van der Waals surface area (Å²) in [7, 11) is -3.92. The van der Waals surface area contributed by atoms with Gasteiger partial charge in [0.1, 0.15) is 10.7 Å². The third-order valence-corrected chi connectivity index (χ3v) is 4.81. The van der Waals surface area contributed by atoms with Crippen molar-refractivity contribution in [3.63, 3.8) is 0 Å². The van der Waals surface area contributed by atoms with Gasteiger partial charge in [0.15, 0.2) is 0 Å². The molecule has 0 radical (unpaired) electrons. The molecule has 0 amide bonds. The lowest BCUT2D eigenvalue weighted by atomic mass is 10.3. The van der Waals surface area contributed by atoms with E-state index in [0.717, 1.165) is 18.2 Å². The number of hydrogen-bond donors (Lipinski definition) is 1. The summed E-state index contributed by atoms with van der Waals surface area (Å²) in [6.45, 7) is 3.40. The Bertz CT molecular complexity index is 767. The van der Waals surface area contributed by atoms with Crippen LogP contribution in [0.1, 0.15) is 11.4 Å². The lowest BCUT2D eigenvalue weighted by molar-refractivity contribution is 0.598. The summed E-state index contributed by atoms with van der Waals surface area (Å²) < 4.78 is 39.6. The normalized spacial score (nSPS) is 11.4. The summed E-state index contributed by atoms with van der Waals surface area (Å²) >= 11 is 3.01. The summed E-state index contributed by atoms with van der Waals surface area (Å²) in [5.41, 5.74) is 1.17. The van der Waals surface area contributed by atoms with Crippen LogP contribution in [0.3, 0.4) is 0 Å². The van der Waals surface area contributed by atoms with Gasteiger partial charge in [-0.15, -0.1) is 5.10 Å². The molecule has 1 aromatic carbocycles. The van der Waals surface area contributed by atoms with Gasteiger partial charge >= 0.3 is 0 Å². The highest BCUT2D eigenvalue weighted by molar-refractivity contribution is 9.10. The predicted octanol–water partition coefficient (Wildman–Crippen LogP) is 2.19. The lowest BCUT2D eigenvalue weighted by Crippen LogP contribution is -2.17. The minimum atomic E-state index is -3.92. The summed E-state index contributed by atoms with van der Waals surface area (Å²) in [5, 5.41) is 7.44. The van der Waals surface area contributed by atoms with Crippen LogP contribution in [0.2, 0.25) is 0 Å². The number of anilines is 1. The second kappa shape index (κ2) is 5.41. The van der Waals surface area contributed by atoms with E-state index in [-0.39, 0.29) is 15.3 Å². The van der Waals surface area contributed by atoms with E-state index in [0.29, 0.717) is 11.4 Å². The highest BCUT2D eigenvalue weighted by Gasteiger charge is 2.19. The summed E-state index contributed by atoms with van der Waals surface area (Å²) in [6, 6.07) is 3.27. The maximum Gasteiger partial charge on any atom is 0.265 e. The van der Waals surface area contributed by atoms with Crippen LogP contribution in [0.25, 0.3) is 0 Å². The van der Waals surface area contributed by atoms with Gasteiger partial charge in [-0.05, 0) is 48.0 Å². The van der Waals surface area contributed by atoms with E-state index < -0.39 is 15.8 Å². The van der Waals surface area contributed by atoms with Gasteiger partial charge in [0.25, 0.3) is 16.0 Å². The Kier molecular flexibility index (Phi) is 4.00. The van der Waals surface area contributed by atoms with Crippen LogP contribution in [0.5, 0.6) is 0 Å². The highest BCUT2D eigenvalue weighted by atomic mass is 79.9. The SMILES string of the molecule is Cc1nnc(NS(=O)(=O)c2ccc(F)cc2Br)nc1C. The van der Waals surface area contributed by atoms with Crippen molar-refractivity contribution in [1.82, 2.24) is 15.2 Å². The third kappa shape index (κ3) is 3.10. The number of aromatic nitrogens is 3. The smallest absolute Gasteiger partial charge is 0.246 e. The van der Waals surface area contributed by atoms with Crippen molar-refractivity contribution < 1.29 is 12.8 Å². The Morgan fingerprint density at radius 3 is 2.50 bits per heavy atom. The lowest BCUT2D eigenvalue weighted by Gasteiger charge is -2.08. The summed E-state index contributed by atoms with van der Waals surface area (Å²) in [4.78, 5) is 3.87. The van der Waals surface area contributed by atoms with Gasteiger partial charge < -0.3 is 0 Å². The average Bonchev–Trinajstić information content (AvgIpc) is 2.33. The number of benzene rings is 1. The monoisotopic (exact) mass is 360 g/mol. The maximum absolute atomic E-state index is 13.0. The standard InChI is InChI=1S/C11H10BrFN4O2S/c1-6-7(2)15-16-11(14-6)17-20(18,19)10-4-3-8(13)5-9(10)12/h3-5H,1-2H3,(H,14,16,17). The molecule has 0 unspecified atom stereocenters. The van der Waals surface area contributed by atoms with E-state index in [9.17, 15) is 12.8 Å². The molecule has 2 aromatic rings. The molecule has 9 heteroatoms. The van der Waals surface area contributed by atoms with Crippen LogP contribution in [0.15, 0.2) is 27.6 Å². The van der Waals surface area contributed by atoms with Crippen molar-refractivity contribution >= 4 is 31.9 Å². The van der Waals surface area contributed by atoms with Crippen LogP contribution in [0.4, 0.5) is 10.3 Å². The molecule has 0 aliphatic rings. The van der Waals surface area contributed by atoms with E-state index >= 15 is 0 Å². The fraction of sp³-hybridized carbons (Fsp3) is 0.182. The van der Waals surface area contributed by atoms with Crippen molar-refractivity contribution in [3.05, 3.63) is 39.9 Å². The van der Waals surface area contributed by atoms with Crippen LogP contribution in [0, 0.1) is 19.7 Å². The fourth-order valence-electron chi connectivity index (χ4n) is 1.37. The van der Waals surface area contributed by atoms with Crippen molar-refractivity contribution in [1.29, 1.82) is 0 Å². The molecular weight excluding hydrogens is 351 g/mol. The van der Waals surface area contributed by atoms with Crippen LogP contribution < -0.4 is 4.72 Å². The quantitative estimate of drug-likeness (QED) is 0.906. The number of aryl methyl sites for hydroxylation is 2. The first kappa shape index (κ1) is 14.8. The molecule has 0 atom stereocenters. The average molecular weight is 361 g/mol. The topological polar surface area (TPSA) is 84.8 Å². The zero-order valence-corrected chi connectivity index (χ0v) is 13.0. The summed E-state index contributed by atoms with van der Waals surface area (Å²) in [5.74, 6) is -0.677. The molecule has 106 valence electrons. The minimum absolute atomic E-state index is 0.110. The van der Waals surface area contributed by atoms with Gasteiger partial charge in [0, 0.05) is 4.47 Å².